The van der Waals surface area contributed by atoms with E-state index in [1.54, 1.807) is 26.4 Å². The molecule has 9 nitrogen and oxygen atoms in total. The molecule has 2 aromatic heterocycles. The fourth-order valence-electron chi connectivity index (χ4n) is 3.72. The van der Waals surface area contributed by atoms with E-state index in [0.29, 0.717) is 22.4 Å². The van der Waals surface area contributed by atoms with Gasteiger partial charge in [0.2, 0.25) is 10.1 Å². The third-order valence-electron chi connectivity index (χ3n) is 5.34. The van der Waals surface area contributed by atoms with E-state index in [-0.39, 0.29) is 12.2 Å². The van der Waals surface area contributed by atoms with E-state index in [1.165, 1.54) is 28.3 Å². The number of fused-ring (bicyclic) bond motifs is 1. The second-order valence-electron chi connectivity index (χ2n) is 7.61. The zero-order valence-corrected chi connectivity index (χ0v) is 18.6. The molecule has 3 aromatic rings. The average Bonchev–Trinajstić information content (AvgIpc) is 3.20. The Kier molecular flexibility index (Phi) is 6.08. The first-order valence-electron chi connectivity index (χ1n) is 10.1. The molecule has 0 unspecified atom stereocenters. The molecular formula is C21H25N5O4S. The molecule has 1 amide bonds. The van der Waals surface area contributed by atoms with E-state index in [9.17, 15) is 9.59 Å². The van der Waals surface area contributed by atoms with Gasteiger partial charge in [-0.2, -0.15) is 9.50 Å². The van der Waals surface area contributed by atoms with Gasteiger partial charge in [0.15, 0.2) is 0 Å². The van der Waals surface area contributed by atoms with Crippen LogP contribution in [0.2, 0.25) is 0 Å². The van der Waals surface area contributed by atoms with Crippen LogP contribution in [0.3, 0.4) is 0 Å². The third kappa shape index (κ3) is 4.48. The summed E-state index contributed by atoms with van der Waals surface area (Å²) in [6, 6.07) is 6.59. The lowest BCUT2D eigenvalue weighted by Crippen LogP contribution is -2.34. The van der Waals surface area contributed by atoms with Crippen LogP contribution in [0.4, 0.5) is 5.13 Å². The maximum atomic E-state index is 12.9. The van der Waals surface area contributed by atoms with E-state index < -0.39 is 11.5 Å². The van der Waals surface area contributed by atoms with E-state index in [2.05, 4.69) is 27.2 Å². The number of piperidine rings is 1. The summed E-state index contributed by atoms with van der Waals surface area (Å²) in [6.45, 7) is 4.26. The molecule has 1 N–H and O–H groups in total. The van der Waals surface area contributed by atoms with Crippen LogP contribution >= 0.6 is 11.3 Å². The Balaban J connectivity index is 1.58. The van der Waals surface area contributed by atoms with E-state index in [4.69, 9.17) is 9.47 Å². The highest BCUT2D eigenvalue weighted by Gasteiger charge is 2.22. The summed E-state index contributed by atoms with van der Waals surface area (Å²) in [5, 5.41) is 8.22. The Morgan fingerprint density at radius 1 is 1.29 bits per heavy atom. The molecule has 164 valence electrons. The minimum absolute atomic E-state index is 0.162. The molecule has 31 heavy (non-hydrogen) atoms. The van der Waals surface area contributed by atoms with Crippen molar-refractivity contribution in [3.05, 3.63) is 45.9 Å². The maximum absolute atomic E-state index is 12.9. The van der Waals surface area contributed by atoms with Crippen molar-refractivity contribution < 1.29 is 14.3 Å². The summed E-state index contributed by atoms with van der Waals surface area (Å²) in [7, 11) is 3.14. The lowest BCUT2D eigenvalue weighted by molar-refractivity contribution is 0.0943. The van der Waals surface area contributed by atoms with Crippen LogP contribution in [0.25, 0.3) is 4.96 Å². The van der Waals surface area contributed by atoms with Crippen molar-refractivity contribution in [2.24, 2.45) is 5.92 Å². The number of benzene rings is 1. The highest BCUT2D eigenvalue weighted by Crippen LogP contribution is 2.27. The largest absolute Gasteiger partial charge is 0.497 e. The number of carbonyl (C=O) groups is 1. The molecule has 0 aliphatic carbocycles. The van der Waals surface area contributed by atoms with Gasteiger partial charge in [0, 0.05) is 37.3 Å². The topological polar surface area (TPSA) is 98.1 Å². The Bertz CT molecular complexity index is 1160. The molecule has 0 saturated carbocycles. The molecule has 0 radical (unpaired) electrons. The Labute approximate surface area is 183 Å². The molecule has 1 atom stereocenters. The summed E-state index contributed by atoms with van der Waals surface area (Å²) >= 11 is 1.33. The summed E-state index contributed by atoms with van der Waals surface area (Å²) in [5.41, 5.74) is 0.486. The molecule has 1 aliphatic heterocycles. The van der Waals surface area contributed by atoms with Gasteiger partial charge in [0.1, 0.15) is 17.2 Å². The fraction of sp³-hybridized carbons (Fsp3) is 0.429. The van der Waals surface area contributed by atoms with Gasteiger partial charge in [-0.05, 0) is 30.9 Å². The van der Waals surface area contributed by atoms with Gasteiger partial charge in [0.05, 0.1) is 14.2 Å². The summed E-state index contributed by atoms with van der Waals surface area (Å²) < 4.78 is 12.0. The minimum atomic E-state index is -0.464. The first-order chi connectivity index (χ1) is 15.0. The quantitative estimate of drug-likeness (QED) is 0.624. The number of rotatable bonds is 6. The molecule has 1 saturated heterocycles. The molecule has 1 fully saturated rings. The molecule has 0 spiro atoms. The van der Waals surface area contributed by atoms with Crippen molar-refractivity contribution in [1.29, 1.82) is 0 Å². The van der Waals surface area contributed by atoms with Crippen LogP contribution in [0.1, 0.15) is 35.8 Å². The van der Waals surface area contributed by atoms with Crippen LogP contribution in [0, 0.1) is 5.92 Å². The molecule has 10 heteroatoms. The highest BCUT2D eigenvalue weighted by atomic mass is 32.1. The second-order valence-corrected chi connectivity index (χ2v) is 8.55. The summed E-state index contributed by atoms with van der Waals surface area (Å²) in [5.74, 6) is 1.44. The number of aromatic nitrogens is 3. The predicted molar refractivity (Wildman–Crippen MR) is 118 cm³/mol. The molecular weight excluding hydrogens is 418 g/mol. The van der Waals surface area contributed by atoms with Crippen molar-refractivity contribution in [3.8, 4) is 11.5 Å². The standard InChI is InChI=1S/C21H25N5O4S/c1-13-5-4-8-25(12-13)21-24-26-16(10-18(27)23-20(26)31-21)19(28)22-11-14-6-7-15(29-2)9-17(14)30-3/h6-7,9-10,13H,4-5,8,11-12H2,1-3H3,(H,22,28)/t13-/m1/s1. The van der Waals surface area contributed by atoms with E-state index >= 15 is 0 Å². The van der Waals surface area contributed by atoms with Gasteiger partial charge in [-0.15, -0.1) is 5.10 Å². The van der Waals surface area contributed by atoms with Gasteiger partial charge in [-0.3, -0.25) is 9.59 Å². The molecule has 1 aromatic carbocycles. The third-order valence-corrected chi connectivity index (χ3v) is 6.31. The SMILES string of the molecule is COc1ccc(CNC(=O)c2cc(=O)nc3sc(N4CCC[C@@H](C)C4)nn23)c(OC)c1. The molecule has 4 rings (SSSR count). The van der Waals surface area contributed by atoms with Gasteiger partial charge < -0.3 is 19.7 Å². The lowest BCUT2D eigenvalue weighted by atomic mass is 10.0. The van der Waals surface area contributed by atoms with Crippen molar-refractivity contribution >= 4 is 27.3 Å². The van der Waals surface area contributed by atoms with Crippen LogP contribution < -0.4 is 25.2 Å². The maximum Gasteiger partial charge on any atom is 0.274 e. The number of carbonyl (C=O) groups excluding carboxylic acids is 1. The second kappa shape index (κ2) is 8.93. The zero-order valence-electron chi connectivity index (χ0n) is 17.8. The monoisotopic (exact) mass is 443 g/mol. The first-order valence-corrected chi connectivity index (χ1v) is 10.9. The first kappa shape index (κ1) is 21.1. The van der Waals surface area contributed by atoms with Crippen LogP contribution in [0.5, 0.6) is 11.5 Å². The number of nitrogens with one attached hydrogen (secondary N) is 1. The smallest absolute Gasteiger partial charge is 0.274 e. The van der Waals surface area contributed by atoms with Gasteiger partial charge in [-0.1, -0.05) is 18.3 Å². The average molecular weight is 444 g/mol. The number of nitrogens with zero attached hydrogens (tertiary/aromatic N) is 4. The van der Waals surface area contributed by atoms with Crippen LogP contribution in [-0.4, -0.2) is 47.8 Å². The van der Waals surface area contributed by atoms with Gasteiger partial charge in [0.25, 0.3) is 11.5 Å². The number of ether oxygens (including phenoxy) is 2. The predicted octanol–water partition coefficient (Wildman–Crippen LogP) is 2.33. The van der Waals surface area contributed by atoms with Crippen LogP contribution in [0.15, 0.2) is 29.1 Å². The number of anilines is 1. The Morgan fingerprint density at radius 2 is 2.13 bits per heavy atom. The number of methoxy groups -OCH3 is 2. The van der Waals surface area contributed by atoms with Crippen molar-refractivity contribution in [1.82, 2.24) is 19.9 Å². The number of hydrogen-bond acceptors (Lipinski definition) is 8. The van der Waals surface area contributed by atoms with Crippen LogP contribution in [-0.2, 0) is 6.54 Å². The van der Waals surface area contributed by atoms with E-state index in [1.807, 2.05) is 6.07 Å². The summed E-state index contributed by atoms with van der Waals surface area (Å²) in [6.07, 6.45) is 2.29. The fourth-order valence-corrected chi connectivity index (χ4v) is 4.66. The molecule has 3 heterocycles. The van der Waals surface area contributed by atoms with Crippen molar-refractivity contribution in [2.45, 2.75) is 26.3 Å². The Morgan fingerprint density at radius 3 is 2.87 bits per heavy atom. The number of amides is 1. The Hall–Kier alpha value is -3.14. The minimum Gasteiger partial charge on any atom is -0.497 e. The van der Waals surface area contributed by atoms with Gasteiger partial charge in [-0.25, -0.2) is 0 Å². The van der Waals surface area contributed by atoms with Crippen molar-refractivity contribution in [3.63, 3.8) is 0 Å². The summed E-state index contributed by atoms with van der Waals surface area (Å²) in [4.78, 5) is 31.7. The molecule has 0 bridgehead atoms. The molecule has 1 aliphatic rings. The highest BCUT2D eigenvalue weighted by molar-refractivity contribution is 7.20. The van der Waals surface area contributed by atoms with Gasteiger partial charge >= 0.3 is 0 Å². The lowest BCUT2D eigenvalue weighted by Gasteiger charge is -2.30. The zero-order chi connectivity index (χ0) is 22.0. The normalized spacial score (nSPS) is 16.4. The van der Waals surface area contributed by atoms with Crippen molar-refractivity contribution in [2.75, 3.05) is 32.2 Å². The van der Waals surface area contributed by atoms with E-state index in [0.717, 1.165) is 30.2 Å². The number of hydrogen-bond donors (Lipinski definition) is 1.